The van der Waals surface area contributed by atoms with Gasteiger partial charge in [0.15, 0.2) is 0 Å². The highest BCUT2D eigenvalue weighted by atomic mass is 16.3. The number of anilines is 1. The molecule has 3 heterocycles. The monoisotopic (exact) mass is 587 g/mol. The van der Waals surface area contributed by atoms with Crippen LogP contribution in [-0.2, 0) is 0 Å². The van der Waals surface area contributed by atoms with E-state index in [1.54, 1.807) is 0 Å². The quantitative estimate of drug-likeness (QED) is 0.208. The lowest BCUT2D eigenvalue weighted by molar-refractivity contribution is 0.669. The number of aliphatic imine (C=N–C) groups is 1. The Morgan fingerprint density at radius 1 is 0.543 bits per heavy atom. The highest BCUT2D eigenvalue weighted by Crippen LogP contribution is 2.50. The molecule has 2 aliphatic rings. The lowest BCUT2D eigenvalue weighted by Crippen LogP contribution is -2.29. The van der Waals surface area contributed by atoms with Crippen molar-refractivity contribution in [2.24, 2.45) is 4.99 Å². The number of hydrogen-bond acceptors (Lipinski definition) is 3. The lowest BCUT2D eigenvalue weighted by Gasteiger charge is -2.29. The lowest BCUT2D eigenvalue weighted by atomic mass is 9.93. The molecule has 0 spiro atoms. The molecule has 1 N–H and O–H groups in total. The van der Waals surface area contributed by atoms with E-state index in [1.807, 2.05) is 12.1 Å². The first kappa shape index (κ1) is 24.2. The Morgan fingerprint density at radius 2 is 1.17 bits per heavy atom. The Labute approximate surface area is 263 Å². The van der Waals surface area contributed by atoms with Gasteiger partial charge in [0.05, 0.1) is 22.4 Å². The van der Waals surface area contributed by atoms with Crippen LogP contribution in [0.1, 0.15) is 11.6 Å². The van der Waals surface area contributed by atoms with E-state index in [0.29, 0.717) is 0 Å². The summed E-state index contributed by atoms with van der Waals surface area (Å²) < 4.78 is 8.70. The van der Waals surface area contributed by atoms with Crippen molar-refractivity contribution in [1.29, 1.82) is 0 Å². The zero-order chi connectivity index (χ0) is 29.9. The van der Waals surface area contributed by atoms with Crippen LogP contribution in [0.25, 0.3) is 76.8 Å². The Morgan fingerprint density at radius 3 is 1.89 bits per heavy atom. The molecule has 2 aromatic heterocycles. The summed E-state index contributed by atoms with van der Waals surface area (Å²) in [5.41, 5.74) is 12.1. The summed E-state index contributed by atoms with van der Waals surface area (Å²) in [6.07, 6.45) is 0. The van der Waals surface area contributed by atoms with E-state index in [2.05, 4.69) is 137 Å². The molecule has 4 heteroatoms. The van der Waals surface area contributed by atoms with E-state index in [9.17, 15) is 0 Å². The Hall–Kier alpha value is -6.13. The number of furan rings is 1. The number of rotatable bonds is 1. The zero-order valence-electron chi connectivity index (χ0n) is 24.7. The molecule has 1 unspecified atom stereocenters. The molecule has 0 fully saturated rings. The van der Waals surface area contributed by atoms with Crippen LogP contribution in [0.5, 0.6) is 0 Å². The van der Waals surface area contributed by atoms with E-state index in [-0.39, 0.29) is 6.04 Å². The molecule has 46 heavy (non-hydrogen) atoms. The summed E-state index contributed by atoms with van der Waals surface area (Å²) in [5, 5.41) is 11.2. The van der Waals surface area contributed by atoms with Crippen LogP contribution in [0.3, 0.4) is 0 Å². The summed E-state index contributed by atoms with van der Waals surface area (Å²) >= 11 is 0. The third-order valence-corrected chi connectivity index (χ3v) is 9.95. The number of nitrogens with one attached hydrogen (secondary N) is 1. The summed E-state index contributed by atoms with van der Waals surface area (Å²) in [7, 11) is 0. The molecule has 7 aromatic carbocycles. The predicted octanol–water partition coefficient (Wildman–Crippen LogP) is 11.2. The van der Waals surface area contributed by atoms with Crippen molar-refractivity contribution in [3.8, 4) is 22.3 Å². The van der Waals surface area contributed by atoms with Crippen molar-refractivity contribution in [3.05, 3.63) is 145 Å². The van der Waals surface area contributed by atoms with Crippen LogP contribution in [0.4, 0.5) is 11.4 Å². The zero-order valence-corrected chi connectivity index (χ0v) is 24.7. The van der Waals surface area contributed by atoms with E-state index in [0.717, 1.165) is 55.7 Å². The summed E-state index contributed by atoms with van der Waals surface area (Å²) in [5.74, 6) is 0.940. The highest BCUT2D eigenvalue weighted by Gasteiger charge is 2.31. The van der Waals surface area contributed by atoms with Gasteiger partial charge in [0.25, 0.3) is 0 Å². The fourth-order valence-corrected chi connectivity index (χ4v) is 8.03. The van der Waals surface area contributed by atoms with Crippen LogP contribution >= 0.6 is 0 Å². The number of benzene rings is 7. The average molecular weight is 588 g/mol. The molecule has 1 atom stereocenters. The minimum absolute atomic E-state index is 0.172. The normalized spacial score (nSPS) is 15.0. The molecule has 0 bridgehead atoms. The smallest absolute Gasteiger partial charge is 0.141 e. The average Bonchev–Trinajstić information content (AvgIpc) is 3.61. The number of aromatic nitrogens is 1. The Bertz CT molecular complexity index is 2690. The molecular formula is C42H25N3O. The first-order valence-electron chi connectivity index (χ1n) is 15.8. The number of fused-ring (bicyclic) bond motifs is 6. The Kier molecular flexibility index (Phi) is 4.60. The van der Waals surface area contributed by atoms with Crippen LogP contribution in [-0.4, -0.2) is 10.4 Å². The van der Waals surface area contributed by atoms with Crippen LogP contribution in [0.15, 0.2) is 149 Å². The van der Waals surface area contributed by atoms with E-state index < -0.39 is 0 Å². The standard InChI is InChI=1S/C42H25N3O/c1-2-10-25(11-3-1)41-42(44-33-23-37-31(22-32(33)43-41)26-14-4-5-21-36(26)46-37)45-34-19-8-17-29-27-15-6-12-24-13-7-16-28(38(24)27)30-18-9-20-35(45)40(30)39(29)34/h1-23,41,43H. The van der Waals surface area contributed by atoms with Gasteiger partial charge in [-0.05, 0) is 62.9 Å². The largest absolute Gasteiger partial charge is 0.456 e. The maximum Gasteiger partial charge on any atom is 0.141 e. The molecule has 0 saturated carbocycles. The molecular weight excluding hydrogens is 562 g/mol. The van der Waals surface area contributed by atoms with Crippen molar-refractivity contribution in [2.75, 3.05) is 5.32 Å². The van der Waals surface area contributed by atoms with E-state index in [4.69, 9.17) is 9.41 Å². The minimum atomic E-state index is -0.172. The Balaban J connectivity index is 1.26. The summed E-state index contributed by atoms with van der Waals surface area (Å²) in [6.45, 7) is 0. The maximum absolute atomic E-state index is 6.31. The minimum Gasteiger partial charge on any atom is -0.456 e. The van der Waals surface area contributed by atoms with Gasteiger partial charge < -0.3 is 9.73 Å². The molecule has 0 radical (unpaired) electrons. The molecule has 9 aromatic rings. The van der Waals surface area contributed by atoms with Gasteiger partial charge in [-0.1, -0.05) is 109 Å². The highest BCUT2D eigenvalue weighted by molar-refractivity contribution is 6.29. The predicted molar refractivity (Wildman–Crippen MR) is 190 cm³/mol. The molecule has 0 amide bonds. The number of hydrogen-bond donors (Lipinski definition) is 1. The topological polar surface area (TPSA) is 42.5 Å². The second-order valence-corrected chi connectivity index (χ2v) is 12.4. The molecule has 11 rings (SSSR count). The molecule has 214 valence electrons. The van der Waals surface area contributed by atoms with Crippen LogP contribution in [0.2, 0.25) is 0 Å². The number of nitrogens with zero attached hydrogens (tertiary/aromatic N) is 2. The number of para-hydroxylation sites is 1. The summed E-state index contributed by atoms with van der Waals surface area (Å²) in [6, 6.07) is 49.8. The van der Waals surface area contributed by atoms with Gasteiger partial charge in [0.1, 0.15) is 23.0 Å². The van der Waals surface area contributed by atoms with Crippen molar-refractivity contribution in [2.45, 2.75) is 6.04 Å². The van der Waals surface area contributed by atoms with Crippen molar-refractivity contribution in [3.63, 3.8) is 0 Å². The summed E-state index contributed by atoms with van der Waals surface area (Å²) in [4.78, 5) is 5.51. The molecule has 4 nitrogen and oxygen atoms in total. The third-order valence-electron chi connectivity index (χ3n) is 9.95. The fraction of sp³-hybridized carbons (Fsp3) is 0.0238. The van der Waals surface area contributed by atoms with Crippen molar-refractivity contribution < 1.29 is 4.42 Å². The molecule has 1 aliphatic carbocycles. The van der Waals surface area contributed by atoms with Crippen molar-refractivity contribution >= 4 is 71.7 Å². The van der Waals surface area contributed by atoms with E-state index in [1.165, 1.54) is 43.8 Å². The van der Waals surface area contributed by atoms with Gasteiger partial charge in [-0.2, -0.15) is 0 Å². The second-order valence-electron chi connectivity index (χ2n) is 12.4. The van der Waals surface area contributed by atoms with Gasteiger partial charge >= 0.3 is 0 Å². The molecule has 0 saturated heterocycles. The fourth-order valence-electron chi connectivity index (χ4n) is 8.03. The van der Waals surface area contributed by atoms with Gasteiger partial charge in [-0.15, -0.1) is 0 Å². The van der Waals surface area contributed by atoms with Gasteiger partial charge in [-0.25, -0.2) is 4.99 Å². The van der Waals surface area contributed by atoms with Gasteiger partial charge in [0.2, 0.25) is 0 Å². The van der Waals surface area contributed by atoms with Gasteiger partial charge in [0, 0.05) is 27.6 Å². The van der Waals surface area contributed by atoms with Crippen LogP contribution in [0, 0.1) is 0 Å². The first-order valence-corrected chi connectivity index (χ1v) is 15.8. The van der Waals surface area contributed by atoms with Gasteiger partial charge in [-0.3, -0.25) is 4.57 Å². The SMILES string of the molecule is c1ccc(C2Nc3cc4c(cc3N=C2n2c3cccc5c3c3c(cccc32)-c2cccc3cccc-5c23)oc2ccccc24)cc1. The second kappa shape index (κ2) is 8.74. The third kappa shape index (κ3) is 3.10. The van der Waals surface area contributed by atoms with E-state index >= 15 is 0 Å². The van der Waals surface area contributed by atoms with Crippen LogP contribution < -0.4 is 5.32 Å². The molecule has 1 aliphatic heterocycles. The maximum atomic E-state index is 6.31. The van der Waals surface area contributed by atoms with Crippen molar-refractivity contribution in [1.82, 2.24) is 4.57 Å². The first-order chi connectivity index (χ1) is 22.8.